The van der Waals surface area contributed by atoms with Gasteiger partial charge in [-0.25, -0.2) is 4.98 Å². The molecule has 0 bridgehead atoms. The molecular weight excluding hydrogens is 416 g/mol. The van der Waals surface area contributed by atoms with Crippen LogP contribution in [0.1, 0.15) is 44.7 Å². The maximum atomic E-state index is 5.11. The molecule has 1 aromatic carbocycles. The van der Waals surface area contributed by atoms with E-state index in [1.807, 2.05) is 45.3 Å². The van der Waals surface area contributed by atoms with Crippen LogP contribution in [0.15, 0.2) is 66.3 Å². The number of hydrogen-bond acceptors (Lipinski definition) is 4. The van der Waals surface area contributed by atoms with Gasteiger partial charge in [0.15, 0.2) is 0 Å². The summed E-state index contributed by atoms with van der Waals surface area (Å²) in [5.41, 5.74) is 6.43. The summed E-state index contributed by atoms with van der Waals surface area (Å²) in [6.45, 7) is 11.6. The van der Waals surface area contributed by atoms with Gasteiger partial charge in [-0.1, -0.05) is 63.6 Å². The Labute approximate surface area is 206 Å². The number of anilines is 1. The fourth-order valence-corrected chi connectivity index (χ4v) is 5.06. The van der Waals surface area contributed by atoms with Crippen molar-refractivity contribution >= 4 is 23.2 Å². The van der Waals surface area contributed by atoms with E-state index in [1.54, 1.807) is 0 Å². The van der Waals surface area contributed by atoms with Gasteiger partial charge in [0.05, 0.1) is 5.69 Å². The molecule has 0 spiro atoms. The number of aromatic nitrogens is 1. The smallest absolute Gasteiger partial charge is 0.134 e. The molecule has 0 radical (unpaired) electrons. The van der Waals surface area contributed by atoms with Crippen molar-refractivity contribution in [2.45, 2.75) is 33.6 Å². The molecule has 1 N–H and O–H groups in total. The van der Waals surface area contributed by atoms with Crippen LogP contribution < -0.4 is 5.32 Å². The number of rotatable bonds is 11. The summed E-state index contributed by atoms with van der Waals surface area (Å²) in [6, 6.07) is 12.8. The van der Waals surface area contributed by atoms with Crippen molar-refractivity contribution in [3.63, 3.8) is 0 Å². The minimum atomic E-state index is 0.733. The SMILES string of the molecule is C=C/C(=C\N(C)C)c1cccc(-c2ccc(/C(C=NC)=C/C)c(NCC3C(CC)[C@@H]3CC)n2)c1. The number of allylic oxidation sites excluding steroid dienone is 4. The lowest BCUT2D eigenvalue weighted by Gasteiger charge is -2.15. The first-order valence-corrected chi connectivity index (χ1v) is 12.4. The van der Waals surface area contributed by atoms with Crippen LogP contribution in [-0.4, -0.2) is 43.8 Å². The highest BCUT2D eigenvalue weighted by Gasteiger charge is 2.46. The normalized spacial score (nSPS) is 20.5. The largest absolute Gasteiger partial charge is 0.383 e. The molecule has 1 saturated carbocycles. The number of pyridine rings is 1. The number of nitrogens with zero attached hydrogens (tertiary/aromatic N) is 3. The van der Waals surface area contributed by atoms with Crippen molar-refractivity contribution < 1.29 is 0 Å². The Morgan fingerprint density at radius 1 is 1.09 bits per heavy atom. The number of benzene rings is 1. The van der Waals surface area contributed by atoms with Crippen molar-refractivity contribution in [2.75, 3.05) is 33.0 Å². The first-order chi connectivity index (χ1) is 16.5. The molecule has 180 valence electrons. The molecule has 1 aromatic heterocycles. The maximum absolute atomic E-state index is 5.11. The van der Waals surface area contributed by atoms with Crippen LogP contribution in [0, 0.1) is 17.8 Å². The van der Waals surface area contributed by atoms with Crippen molar-refractivity contribution in [3.05, 3.63) is 72.5 Å². The van der Waals surface area contributed by atoms with Gasteiger partial charge >= 0.3 is 0 Å². The monoisotopic (exact) mass is 456 g/mol. The predicted molar refractivity (Wildman–Crippen MR) is 149 cm³/mol. The molecule has 34 heavy (non-hydrogen) atoms. The molecule has 0 aliphatic heterocycles. The van der Waals surface area contributed by atoms with Crippen LogP contribution in [0.2, 0.25) is 0 Å². The van der Waals surface area contributed by atoms with E-state index >= 15 is 0 Å². The topological polar surface area (TPSA) is 40.5 Å². The molecule has 4 nitrogen and oxygen atoms in total. The summed E-state index contributed by atoms with van der Waals surface area (Å²) < 4.78 is 0. The molecule has 0 amide bonds. The average Bonchev–Trinajstić information content (AvgIpc) is 3.56. The van der Waals surface area contributed by atoms with Gasteiger partial charge in [-0.2, -0.15) is 0 Å². The van der Waals surface area contributed by atoms with Crippen LogP contribution in [0.5, 0.6) is 0 Å². The Balaban J connectivity index is 1.97. The zero-order valence-corrected chi connectivity index (χ0v) is 21.7. The van der Waals surface area contributed by atoms with Crippen molar-refractivity contribution in [1.82, 2.24) is 9.88 Å². The Morgan fingerprint density at radius 2 is 1.82 bits per heavy atom. The number of nitrogens with one attached hydrogen (secondary N) is 1. The van der Waals surface area contributed by atoms with Crippen LogP contribution in [0.3, 0.4) is 0 Å². The highest BCUT2D eigenvalue weighted by Crippen LogP contribution is 2.50. The lowest BCUT2D eigenvalue weighted by Crippen LogP contribution is -2.10. The second-order valence-electron chi connectivity index (χ2n) is 9.25. The van der Waals surface area contributed by atoms with E-state index in [4.69, 9.17) is 4.98 Å². The zero-order chi connectivity index (χ0) is 24.7. The van der Waals surface area contributed by atoms with Gasteiger partial charge in [-0.15, -0.1) is 0 Å². The van der Waals surface area contributed by atoms with Gasteiger partial charge in [-0.3, -0.25) is 4.99 Å². The second-order valence-corrected chi connectivity index (χ2v) is 9.25. The van der Waals surface area contributed by atoms with Gasteiger partial charge < -0.3 is 10.2 Å². The van der Waals surface area contributed by atoms with Gasteiger partial charge in [0.2, 0.25) is 0 Å². The summed E-state index contributed by atoms with van der Waals surface area (Å²) in [7, 11) is 5.86. The van der Waals surface area contributed by atoms with Crippen molar-refractivity contribution in [3.8, 4) is 11.3 Å². The van der Waals surface area contributed by atoms with Crippen LogP contribution in [0.25, 0.3) is 22.4 Å². The van der Waals surface area contributed by atoms with E-state index in [1.165, 1.54) is 12.8 Å². The summed E-state index contributed by atoms with van der Waals surface area (Å²) in [6.07, 6.45) is 10.5. The van der Waals surface area contributed by atoms with E-state index in [9.17, 15) is 0 Å². The summed E-state index contributed by atoms with van der Waals surface area (Å²) in [4.78, 5) is 11.4. The third-order valence-electron chi connectivity index (χ3n) is 6.85. The zero-order valence-electron chi connectivity index (χ0n) is 21.7. The molecule has 0 saturated heterocycles. The first kappa shape index (κ1) is 25.5. The lowest BCUT2D eigenvalue weighted by atomic mass is 10.0. The molecule has 1 heterocycles. The second kappa shape index (κ2) is 11.8. The van der Waals surface area contributed by atoms with Crippen LogP contribution in [-0.2, 0) is 0 Å². The highest BCUT2D eigenvalue weighted by atomic mass is 15.0. The highest BCUT2D eigenvalue weighted by molar-refractivity contribution is 6.11. The quantitative estimate of drug-likeness (QED) is 0.291. The molecular formula is C30H40N4. The Kier molecular flexibility index (Phi) is 8.86. The minimum Gasteiger partial charge on any atom is -0.383 e. The third kappa shape index (κ3) is 5.85. The standard InChI is InChI=1S/C30H40N4/c1-8-21(18-31-5)27-15-16-29(33-30(27)32-19-28-25(10-3)26(28)11-4)24-14-12-13-23(17-24)22(9-2)20-34(6)7/h8-9,12-18,20,25-26,28H,2,10-11,19H2,1,3-7H3,(H,32,33)/b21-8+,22-20+,31-18?/t25-,26?,28?/m0/s1. The average molecular weight is 457 g/mol. The Bertz CT molecular complexity index is 1070. The lowest BCUT2D eigenvalue weighted by molar-refractivity contribution is 0.566. The predicted octanol–water partition coefficient (Wildman–Crippen LogP) is 7.04. The van der Waals surface area contributed by atoms with Gasteiger partial charge in [0, 0.05) is 51.2 Å². The van der Waals surface area contributed by atoms with Gasteiger partial charge in [0.1, 0.15) is 5.82 Å². The fraction of sp³-hybridized carbons (Fsp3) is 0.400. The van der Waals surface area contributed by atoms with E-state index < -0.39 is 0 Å². The Hall–Kier alpha value is -3.14. The molecule has 3 rings (SSSR count). The van der Waals surface area contributed by atoms with E-state index in [0.29, 0.717) is 0 Å². The number of aliphatic imine (C=N–C) groups is 1. The summed E-state index contributed by atoms with van der Waals surface area (Å²) in [5, 5.41) is 3.71. The van der Waals surface area contributed by atoms with Crippen LogP contribution >= 0.6 is 0 Å². The Morgan fingerprint density at radius 3 is 2.41 bits per heavy atom. The van der Waals surface area contributed by atoms with Crippen LogP contribution in [0.4, 0.5) is 5.82 Å². The maximum Gasteiger partial charge on any atom is 0.134 e. The van der Waals surface area contributed by atoms with E-state index in [2.05, 4.69) is 79.4 Å². The van der Waals surface area contributed by atoms with Gasteiger partial charge in [-0.05, 0) is 59.6 Å². The molecule has 2 aromatic rings. The molecule has 4 heteroatoms. The van der Waals surface area contributed by atoms with Crippen molar-refractivity contribution in [2.24, 2.45) is 22.7 Å². The third-order valence-corrected chi connectivity index (χ3v) is 6.85. The molecule has 1 fully saturated rings. The molecule has 1 aliphatic carbocycles. The molecule has 3 atom stereocenters. The minimum absolute atomic E-state index is 0.733. The fourth-order valence-electron chi connectivity index (χ4n) is 5.06. The van der Waals surface area contributed by atoms with E-state index in [-0.39, 0.29) is 0 Å². The van der Waals surface area contributed by atoms with Gasteiger partial charge in [0.25, 0.3) is 0 Å². The summed E-state index contributed by atoms with van der Waals surface area (Å²) in [5.74, 6) is 3.33. The summed E-state index contributed by atoms with van der Waals surface area (Å²) >= 11 is 0. The molecule has 1 aliphatic rings. The molecule has 2 unspecified atom stereocenters. The first-order valence-electron chi connectivity index (χ1n) is 12.4. The van der Waals surface area contributed by atoms with E-state index in [0.717, 1.165) is 63.6 Å². The van der Waals surface area contributed by atoms with Crippen molar-refractivity contribution in [1.29, 1.82) is 0 Å². The number of hydrogen-bond donors (Lipinski definition) is 1.